The molecule has 28 heavy (non-hydrogen) atoms. The zero-order chi connectivity index (χ0) is 20.3. The van der Waals surface area contributed by atoms with E-state index in [0.717, 1.165) is 5.57 Å². The zero-order valence-corrected chi connectivity index (χ0v) is 16.9. The van der Waals surface area contributed by atoms with Crippen LogP contribution in [0.4, 0.5) is 4.39 Å². The van der Waals surface area contributed by atoms with Crippen LogP contribution >= 0.6 is 15.9 Å². The third-order valence-corrected chi connectivity index (χ3v) is 4.32. The summed E-state index contributed by atoms with van der Waals surface area (Å²) in [5, 5.41) is 0. The standard InChI is InChI=1S/C21H17BrFNO4/c1-12(2)11-27-19-16(22)8-13(10-18(19)26-3)9-17-21(25)28-20(24-17)14-4-6-15(23)7-5-14/h4-10H,1,11H2,2-3H3/b17-9+. The van der Waals surface area contributed by atoms with E-state index in [1.807, 2.05) is 6.92 Å². The summed E-state index contributed by atoms with van der Waals surface area (Å²) in [6.07, 6.45) is 1.58. The van der Waals surface area contributed by atoms with Gasteiger partial charge >= 0.3 is 5.97 Å². The topological polar surface area (TPSA) is 57.1 Å². The van der Waals surface area contributed by atoms with Gasteiger partial charge in [0.05, 0.1) is 11.6 Å². The molecule has 2 aromatic carbocycles. The Labute approximate surface area is 170 Å². The fraction of sp³-hybridized carbons (Fsp3) is 0.143. The molecule has 3 rings (SSSR count). The van der Waals surface area contributed by atoms with E-state index in [2.05, 4.69) is 27.5 Å². The van der Waals surface area contributed by atoms with E-state index >= 15 is 0 Å². The number of carbonyl (C=O) groups excluding carboxylic acids is 1. The largest absolute Gasteiger partial charge is 0.493 e. The number of cyclic esters (lactones) is 1. The molecule has 0 radical (unpaired) electrons. The van der Waals surface area contributed by atoms with E-state index in [0.29, 0.717) is 33.7 Å². The Hall–Kier alpha value is -2.93. The highest BCUT2D eigenvalue weighted by molar-refractivity contribution is 9.10. The Morgan fingerprint density at radius 1 is 1.32 bits per heavy atom. The van der Waals surface area contributed by atoms with Crippen molar-refractivity contribution in [2.75, 3.05) is 13.7 Å². The van der Waals surface area contributed by atoms with Crippen LogP contribution in [-0.4, -0.2) is 25.6 Å². The van der Waals surface area contributed by atoms with Crippen molar-refractivity contribution in [3.63, 3.8) is 0 Å². The molecule has 1 heterocycles. The van der Waals surface area contributed by atoms with Crippen molar-refractivity contribution in [2.45, 2.75) is 6.92 Å². The summed E-state index contributed by atoms with van der Waals surface area (Å²) in [6, 6.07) is 9.06. The normalized spacial score (nSPS) is 14.6. The Kier molecular flexibility index (Phi) is 5.94. The average molecular weight is 446 g/mol. The maximum absolute atomic E-state index is 13.1. The maximum atomic E-state index is 13.1. The van der Waals surface area contributed by atoms with Crippen LogP contribution < -0.4 is 9.47 Å². The lowest BCUT2D eigenvalue weighted by atomic mass is 10.1. The van der Waals surface area contributed by atoms with Gasteiger partial charge in [-0.1, -0.05) is 6.58 Å². The van der Waals surface area contributed by atoms with Crippen molar-refractivity contribution < 1.29 is 23.4 Å². The van der Waals surface area contributed by atoms with Gasteiger partial charge in [0.25, 0.3) is 0 Å². The molecule has 2 aromatic rings. The lowest BCUT2D eigenvalue weighted by Crippen LogP contribution is -2.05. The number of carbonyl (C=O) groups is 1. The molecule has 0 bridgehead atoms. The van der Waals surface area contributed by atoms with Gasteiger partial charge in [-0.3, -0.25) is 0 Å². The fourth-order valence-corrected chi connectivity index (χ4v) is 3.02. The average Bonchev–Trinajstić information content (AvgIpc) is 3.01. The molecule has 144 valence electrons. The molecule has 0 unspecified atom stereocenters. The molecule has 0 spiro atoms. The van der Waals surface area contributed by atoms with Gasteiger partial charge < -0.3 is 14.2 Å². The quantitative estimate of drug-likeness (QED) is 0.360. The van der Waals surface area contributed by atoms with Crippen LogP contribution in [0.3, 0.4) is 0 Å². The van der Waals surface area contributed by atoms with Crippen molar-refractivity contribution in [1.82, 2.24) is 0 Å². The fourth-order valence-electron chi connectivity index (χ4n) is 2.44. The Morgan fingerprint density at radius 3 is 2.68 bits per heavy atom. The molecule has 1 aliphatic rings. The van der Waals surface area contributed by atoms with Gasteiger partial charge in [0.1, 0.15) is 12.4 Å². The van der Waals surface area contributed by atoms with Crippen molar-refractivity contribution in [3.8, 4) is 11.5 Å². The summed E-state index contributed by atoms with van der Waals surface area (Å²) >= 11 is 3.46. The van der Waals surface area contributed by atoms with Gasteiger partial charge in [-0.2, -0.15) is 0 Å². The summed E-state index contributed by atoms with van der Waals surface area (Å²) < 4.78 is 30.0. The number of hydrogen-bond acceptors (Lipinski definition) is 5. The smallest absolute Gasteiger partial charge is 0.363 e. The molecular formula is C21H17BrFNO4. The number of aliphatic imine (C=N–C) groups is 1. The van der Waals surface area contributed by atoms with Gasteiger partial charge in [0.15, 0.2) is 17.2 Å². The van der Waals surface area contributed by atoms with E-state index in [4.69, 9.17) is 14.2 Å². The molecule has 0 aliphatic carbocycles. The van der Waals surface area contributed by atoms with Crippen LogP contribution in [-0.2, 0) is 9.53 Å². The van der Waals surface area contributed by atoms with Gasteiger partial charge in [-0.25, -0.2) is 14.2 Å². The Bertz CT molecular complexity index is 996. The summed E-state index contributed by atoms with van der Waals surface area (Å²) in [4.78, 5) is 16.4. The number of benzene rings is 2. The van der Waals surface area contributed by atoms with Crippen molar-refractivity contribution in [2.24, 2.45) is 4.99 Å². The zero-order valence-electron chi connectivity index (χ0n) is 15.3. The summed E-state index contributed by atoms with van der Waals surface area (Å²) in [5.41, 5.74) is 2.18. The first-order chi connectivity index (χ1) is 13.4. The van der Waals surface area contributed by atoms with Gasteiger partial charge in [-0.15, -0.1) is 0 Å². The van der Waals surface area contributed by atoms with E-state index < -0.39 is 5.97 Å². The number of esters is 1. The summed E-state index contributed by atoms with van der Waals surface area (Å²) in [5.74, 6) is 0.199. The molecule has 7 heteroatoms. The molecule has 0 N–H and O–H groups in total. The molecule has 0 fully saturated rings. The number of ether oxygens (including phenoxy) is 3. The molecule has 0 saturated heterocycles. The number of methoxy groups -OCH3 is 1. The highest BCUT2D eigenvalue weighted by Crippen LogP contribution is 2.37. The first kappa shape index (κ1) is 19.8. The van der Waals surface area contributed by atoms with Gasteiger partial charge in [0.2, 0.25) is 5.90 Å². The number of nitrogens with zero attached hydrogens (tertiary/aromatic N) is 1. The van der Waals surface area contributed by atoms with Crippen LogP contribution in [0.25, 0.3) is 6.08 Å². The van der Waals surface area contributed by atoms with Crippen molar-refractivity contribution in [3.05, 3.63) is 75.7 Å². The summed E-state index contributed by atoms with van der Waals surface area (Å²) in [7, 11) is 1.53. The van der Waals surface area contributed by atoms with Crippen LogP contribution in [0.5, 0.6) is 11.5 Å². The predicted molar refractivity (Wildman–Crippen MR) is 108 cm³/mol. The molecule has 1 aliphatic heterocycles. The van der Waals surface area contributed by atoms with Crippen LogP contribution in [0.15, 0.2) is 63.7 Å². The molecule has 0 atom stereocenters. The van der Waals surface area contributed by atoms with E-state index in [1.165, 1.54) is 31.4 Å². The lowest BCUT2D eigenvalue weighted by Gasteiger charge is -2.13. The second kappa shape index (κ2) is 8.39. The number of halogens is 2. The van der Waals surface area contributed by atoms with Crippen LogP contribution in [0.1, 0.15) is 18.1 Å². The van der Waals surface area contributed by atoms with Gasteiger partial charge in [0, 0.05) is 5.56 Å². The SMILES string of the molecule is C=C(C)COc1c(Br)cc(/C=C2/N=C(c3ccc(F)cc3)OC2=O)cc1OC. The van der Waals surface area contributed by atoms with E-state index in [9.17, 15) is 9.18 Å². The highest BCUT2D eigenvalue weighted by atomic mass is 79.9. The predicted octanol–water partition coefficient (Wildman–Crippen LogP) is 4.90. The number of hydrogen-bond donors (Lipinski definition) is 0. The van der Waals surface area contributed by atoms with Crippen LogP contribution in [0.2, 0.25) is 0 Å². The molecule has 0 saturated carbocycles. The van der Waals surface area contributed by atoms with Crippen LogP contribution in [0, 0.1) is 5.82 Å². The lowest BCUT2D eigenvalue weighted by molar-refractivity contribution is -0.129. The monoisotopic (exact) mass is 445 g/mol. The first-order valence-corrected chi connectivity index (χ1v) is 9.10. The van der Waals surface area contributed by atoms with Gasteiger partial charge in [-0.05, 0) is 76.5 Å². The molecule has 5 nitrogen and oxygen atoms in total. The second-order valence-electron chi connectivity index (χ2n) is 6.12. The Balaban J connectivity index is 1.91. The minimum absolute atomic E-state index is 0.128. The van der Waals surface area contributed by atoms with Crippen molar-refractivity contribution in [1.29, 1.82) is 0 Å². The van der Waals surface area contributed by atoms with E-state index in [1.54, 1.807) is 18.2 Å². The van der Waals surface area contributed by atoms with E-state index in [-0.39, 0.29) is 17.4 Å². The minimum Gasteiger partial charge on any atom is -0.493 e. The molecular weight excluding hydrogens is 429 g/mol. The number of rotatable bonds is 6. The minimum atomic E-state index is -0.586. The Morgan fingerprint density at radius 2 is 2.04 bits per heavy atom. The second-order valence-corrected chi connectivity index (χ2v) is 6.98. The first-order valence-electron chi connectivity index (χ1n) is 8.30. The third-order valence-electron chi connectivity index (χ3n) is 3.73. The van der Waals surface area contributed by atoms with Crippen molar-refractivity contribution >= 4 is 33.9 Å². The third kappa shape index (κ3) is 4.48. The molecule has 0 aromatic heterocycles. The molecule has 0 amide bonds. The summed E-state index contributed by atoms with van der Waals surface area (Å²) in [6.45, 7) is 6.03. The highest BCUT2D eigenvalue weighted by Gasteiger charge is 2.24. The maximum Gasteiger partial charge on any atom is 0.363 e.